The molecule has 0 aromatic heterocycles. The van der Waals surface area contributed by atoms with Gasteiger partial charge in [-0.05, 0) is 43.7 Å². The van der Waals surface area contributed by atoms with Crippen molar-refractivity contribution in [1.29, 1.82) is 0 Å². The average Bonchev–Trinajstić information content (AvgIpc) is 2.84. The lowest BCUT2D eigenvalue weighted by Gasteiger charge is -2.28. The zero-order chi connectivity index (χ0) is 24.6. The maximum atomic E-state index is 13.1. The number of hydrogen-bond donors (Lipinski definition) is 3. The van der Waals surface area contributed by atoms with Crippen LogP contribution >= 0.6 is 0 Å². The summed E-state index contributed by atoms with van der Waals surface area (Å²) in [5, 5.41) is 8.73. The van der Waals surface area contributed by atoms with Crippen molar-refractivity contribution in [2.45, 2.75) is 31.8 Å². The Morgan fingerprint density at radius 3 is 2.09 bits per heavy atom. The molecule has 0 fully saturated rings. The van der Waals surface area contributed by atoms with Crippen molar-refractivity contribution in [3.63, 3.8) is 0 Å². The van der Waals surface area contributed by atoms with Crippen LogP contribution in [-0.2, 0) is 20.7 Å². The van der Waals surface area contributed by atoms with E-state index >= 15 is 0 Å². The molecule has 0 radical (unpaired) electrons. The molecule has 0 spiro atoms. The first kappa shape index (κ1) is 24.5. The number of benzene rings is 3. The first-order valence-electron chi connectivity index (χ1n) is 11.0. The smallest absolute Gasteiger partial charge is 0.328 e. The largest absolute Gasteiger partial charge is 0.467 e. The average molecular weight is 460 g/mol. The van der Waals surface area contributed by atoms with Crippen molar-refractivity contribution in [3.05, 3.63) is 96.1 Å². The number of hydrogen-bond acceptors (Lipinski definition) is 5. The Labute approximate surface area is 199 Å². The van der Waals surface area contributed by atoms with E-state index in [-0.39, 0.29) is 6.42 Å². The van der Waals surface area contributed by atoms with Gasteiger partial charge in [-0.15, -0.1) is 0 Å². The molecule has 176 valence electrons. The van der Waals surface area contributed by atoms with Gasteiger partial charge in [0.05, 0.1) is 18.4 Å². The Hall–Kier alpha value is -4.13. The number of amides is 2. The SMILES string of the molecule is COC(=O)[C@H](Cc1ccccc1)NC(=O)C(C)(C)NC(=O)c1ccccc1Nc1ccccc1. The van der Waals surface area contributed by atoms with Gasteiger partial charge in [0.25, 0.3) is 5.91 Å². The lowest BCUT2D eigenvalue weighted by atomic mass is 10.0. The minimum absolute atomic E-state index is 0.271. The van der Waals surface area contributed by atoms with Crippen LogP contribution in [0.15, 0.2) is 84.9 Å². The molecule has 3 rings (SSSR count). The molecule has 2 amide bonds. The summed E-state index contributed by atoms with van der Waals surface area (Å²) in [4.78, 5) is 38.5. The van der Waals surface area contributed by atoms with E-state index < -0.39 is 29.4 Å². The zero-order valence-corrected chi connectivity index (χ0v) is 19.5. The first-order valence-corrected chi connectivity index (χ1v) is 11.0. The fourth-order valence-electron chi connectivity index (χ4n) is 3.40. The molecule has 0 aliphatic rings. The summed E-state index contributed by atoms with van der Waals surface area (Å²) >= 11 is 0. The lowest BCUT2D eigenvalue weighted by molar-refractivity contribution is -0.145. The molecule has 3 aromatic rings. The predicted molar refractivity (Wildman–Crippen MR) is 132 cm³/mol. The Morgan fingerprint density at radius 1 is 0.853 bits per heavy atom. The standard InChI is InChI=1S/C27H29N3O4/c1-27(2,26(33)29-23(25(32)34-3)18-19-12-6-4-7-13-19)30-24(31)21-16-10-11-17-22(21)28-20-14-8-5-9-15-20/h4-17,23,28H,18H2,1-3H3,(H,29,33)(H,30,31)/t23-/m0/s1. The minimum atomic E-state index is -1.29. The highest BCUT2D eigenvalue weighted by Crippen LogP contribution is 2.21. The van der Waals surface area contributed by atoms with Gasteiger partial charge in [-0.1, -0.05) is 60.7 Å². The number of nitrogens with one attached hydrogen (secondary N) is 3. The minimum Gasteiger partial charge on any atom is -0.467 e. The van der Waals surface area contributed by atoms with Crippen LogP contribution in [-0.4, -0.2) is 36.5 Å². The maximum absolute atomic E-state index is 13.1. The van der Waals surface area contributed by atoms with Gasteiger partial charge >= 0.3 is 5.97 Å². The molecule has 3 aromatic carbocycles. The van der Waals surface area contributed by atoms with E-state index in [1.165, 1.54) is 7.11 Å². The van der Waals surface area contributed by atoms with Gasteiger partial charge < -0.3 is 20.7 Å². The number of esters is 1. The molecule has 0 unspecified atom stereocenters. The van der Waals surface area contributed by atoms with Crippen LogP contribution in [0.2, 0.25) is 0 Å². The van der Waals surface area contributed by atoms with E-state index in [0.29, 0.717) is 11.3 Å². The van der Waals surface area contributed by atoms with Crippen LogP contribution in [0.3, 0.4) is 0 Å². The Bertz CT molecular complexity index is 1130. The highest BCUT2D eigenvalue weighted by Gasteiger charge is 2.34. The highest BCUT2D eigenvalue weighted by atomic mass is 16.5. The second-order valence-electron chi connectivity index (χ2n) is 8.35. The number of carbonyl (C=O) groups is 3. The Kier molecular flexibility index (Phi) is 8.03. The summed E-state index contributed by atoms with van der Waals surface area (Å²) in [6, 6.07) is 25.0. The first-order chi connectivity index (χ1) is 16.3. The summed E-state index contributed by atoms with van der Waals surface area (Å²) < 4.78 is 4.87. The summed E-state index contributed by atoms with van der Waals surface area (Å²) in [5.41, 5.74) is 1.42. The van der Waals surface area contributed by atoms with Crippen LogP contribution in [0.5, 0.6) is 0 Å². The molecular weight excluding hydrogens is 430 g/mol. The van der Waals surface area contributed by atoms with Gasteiger partial charge in [-0.3, -0.25) is 9.59 Å². The van der Waals surface area contributed by atoms with Gasteiger partial charge in [0.15, 0.2) is 0 Å². The van der Waals surface area contributed by atoms with E-state index in [1.807, 2.05) is 66.7 Å². The summed E-state index contributed by atoms with van der Waals surface area (Å²) in [6.07, 6.45) is 0.271. The van der Waals surface area contributed by atoms with Crippen LogP contribution in [0.4, 0.5) is 11.4 Å². The van der Waals surface area contributed by atoms with E-state index in [1.54, 1.807) is 32.0 Å². The second kappa shape index (κ2) is 11.1. The topological polar surface area (TPSA) is 96.5 Å². The third-order valence-corrected chi connectivity index (χ3v) is 5.29. The summed E-state index contributed by atoms with van der Waals surface area (Å²) in [6.45, 7) is 3.18. The molecule has 3 N–H and O–H groups in total. The molecule has 0 bridgehead atoms. The predicted octanol–water partition coefficient (Wildman–Crippen LogP) is 3.84. The molecule has 0 heterocycles. The normalized spacial score (nSPS) is 11.7. The quantitative estimate of drug-likeness (QED) is 0.423. The number of para-hydroxylation sites is 2. The van der Waals surface area contributed by atoms with Crippen molar-refractivity contribution in [1.82, 2.24) is 10.6 Å². The van der Waals surface area contributed by atoms with Crippen molar-refractivity contribution in [2.75, 3.05) is 12.4 Å². The second-order valence-corrected chi connectivity index (χ2v) is 8.35. The number of rotatable bonds is 9. The maximum Gasteiger partial charge on any atom is 0.328 e. The number of methoxy groups -OCH3 is 1. The Morgan fingerprint density at radius 2 is 1.44 bits per heavy atom. The molecule has 0 saturated carbocycles. The van der Waals surface area contributed by atoms with Gasteiger partial charge in [-0.2, -0.15) is 0 Å². The van der Waals surface area contributed by atoms with E-state index in [0.717, 1.165) is 11.3 Å². The monoisotopic (exact) mass is 459 g/mol. The van der Waals surface area contributed by atoms with Gasteiger partial charge in [0.2, 0.25) is 5.91 Å². The van der Waals surface area contributed by atoms with Crippen molar-refractivity contribution in [2.24, 2.45) is 0 Å². The number of anilines is 2. The third kappa shape index (κ3) is 6.45. The summed E-state index contributed by atoms with van der Waals surface area (Å²) in [5.74, 6) is -1.48. The number of carbonyl (C=O) groups excluding carboxylic acids is 3. The van der Waals surface area contributed by atoms with Gasteiger partial charge in [0, 0.05) is 12.1 Å². The molecule has 0 saturated heterocycles. The van der Waals surface area contributed by atoms with Crippen LogP contribution in [0.1, 0.15) is 29.8 Å². The molecular formula is C27H29N3O4. The van der Waals surface area contributed by atoms with Crippen molar-refractivity contribution >= 4 is 29.2 Å². The molecule has 7 nitrogen and oxygen atoms in total. The Balaban J connectivity index is 1.72. The van der Waals surface area contributed by atoms with E-state index in [9.17, 15) is 14.4 Å². The summed E-state index contributed by atoms with van der Waals surface area (Å²) in [7, 11) is 1.27. The van der Waals surface area contributed by atoms with E-state index in [2.05, 4.69) is 16.0 Å². The molecule has 1 atom stereocenters. The fourth-order valence-corrected chi connectivity index (χ4v) is 3.40. The van der Waals surface area contributed by atoms with Crippen molar-refractivity contribution in [3.8, 4) is 0 Å². The van der Waals surface area contributed by atoms with E-state index in [4.69, 9.17) is 4.74 Å². The van der Waals surface area contributed by atoms with Crippen molar-refractivity contribution < 1.29 is 19.1 Å². The third-order valence-electron chi connectivity index (χ3n) is 5.29. The molecule has 34 heavy (non-hydrogen) atoms. The molecule has 7 heteroatoms. The lowest BCUT2D eigenvalue weighted by Crippen LogP contribution is -2.58. The molecule has 0 aliphatic heterocycles. The highest BCUT2D eigenvalue weighted by molar-refractivity contribution is 6.03. The number of ether oxygens (including phenoxy) is 1. The van der Waals surface area contributed by atoms with Gasteiger partial charge in [0.1, 0.15) is 11.6 Å². The fraction of sp³-hybridized carbons (Fsp3) is 0.222. The van der Waals surface area contributed by atoms with Gasteiger partial charge in [-0.25, -0.2) is 4.79 Å². The zero-order valence-electron chi connectivity index (χ0n) is 19.5. The molecule has 0 aliphatic carbocycles. The van der Waals surface area contributed by atoms with Crippen LogP contribution in [0, 0.1) is 0 Å². The van der Waals surface area contributed by atoms with Crippen LogP contribution < -0.4 is 16.0 Å². The van der Waals surface area contributed by atoms with Crippen LogP contribution in [0.25, 0.3) is 0 Å².